The third-order valence-corrected chi connectivity index (χ3v) is 4.70. The Kier molecular flexibility index (Phi) is 5.63. The van der Waals surface area contributed by atoms with Gasteiger partial charge in [0, 0.05) is 6.07 Å². The lowest BCUT2D eigenvalue weighted by Crippen LogP contribution is -2.35. The summed E-state index contributed by atoms with van der Waals surface area (Å²) in [6, 6.07) is 18.3. The molecule has 1 fully saturated rings. The maximum Gasteiger partial charge on any atom is 0.311 e. The molecule has 1 aliphatic rings. The molecule has 1 N–H and O–H groups in total. The molecule has 0 spiro atoms. The van der Waals surface area contributed by atoms with Gasteiger partial charge < -0.3 is 4.74 Å². The maximum absolute atomic E-state index is 13.0. The zero-order chi connectivity index (χ0) is 22.7. The summed E-state index contributed by atoms with van der Waals surface area (Å²) in [5.41, 5.74) is 3.42. The van der Waals surface area contributed by atoms with Crippen molar-refractivity contribution in [2.45, 2.75) is 6.61 Å². The summed E-state index contributed by atoms with van der Waals surface area (Å²) in [5.74, 6) is -1.57. The monoisotopic (exact) mass is 433 g/mol. The van der Waals surface area contributed by atoms with Gasteiger partial charge >= 0.3 is 5.69 Å². The molecule has 8 nitrogen and oxygen atoms in total. The number of nitro groups is 1. The highest BCUT2D eigenvalue weighted by atomic mass is 19.1. The van der Waals surface area contributed by atoms with E-state index >= 15 is 0 Å². The number of benzene rings is 3. The average molecular weight is 433 g/mol. The van der Waals surface area contributed by atoms with Gasteiger partial charge in [-0.3, -0.25) is 25.1 Å². The van der Waals surface area contributed by atoms with Crippen molar-refractivity contribution in [2.24, 2.45) is 0 Å². The highest BCUT2D eigenvalue weighted by Gasteiger charge is 2.34. The smallest absolute Gasteiger partial charge is 0.311 e. The van der Waals surface area contributed by atoms with Crippen LogP contribution in [0.5, 0.6) is 5.75 Å². The van der Waals surface area contributed by atoms with Gasteiger partial charge in [-0.2, -0.15) is 0 Å². The highest BCUT2D eigenvalue weighted by Crippen LogP contribution is 2.30. The summed E-state index contributed by atoms with van der Waals surface area (Å²) in [4.78, 5) is 35.9. The Morgan fingerprint density at radius 3 is 2.44 bits per heavy atom. The van der Waals surface area contributed by atoms with Crippen LogP contribution in [0.4, 0.5) is 15.8 Å². The molecule has 0 aromatic heterocycles. The first kappa shape index (κ1) is 20.7. The second kappa shape index (κ2) is 8.68. The highest BCUT2D eigenvalue weighted by molar-refractivity contribution is 6.31. The van der Waals surface area contributed by atoms with E-state index in [1.807, 2.05) is 0 Å². The predicted molar refractivity (Wildman–Crippen MR) is 114 cm³/mol. The minimum atomic E-state index is -0.616. The molecular weight excluding hydrogens is 417 g/mol. The number of nitro benzene ring substituents is 1. The van der Waals surface area contributed by atoms with E-state index in [1.165, 1.54) is 48.5 Å². The van der Waals surface area contributed by atoms with Crippen molar-refractivity contribution in [3.05, 3.63) is 105 Å². The van der Waals surface area contributed by atoms with E-state index in [9.17, 15) is 24.1 Å². The zero-order valence-electron chi connectivity index (χ0n) is 16.5. The molecule has 1 aliphatic heterocycles. The topological polar surface area (TPSA) is 102 Å². The molecule has 3 aromatic rings. The van der Waals surface area contributed by atoms with Crippen LogP contribution < -0.4 is 15.2 Å². The fourth-order valence-electron chi connectivity index (χ4n) is 3.11. The minimum absolute atomic E-state index is 0.00842. The lowest BCUT2D eigenvalue weighted by molar-refractivity contribution is -0.386. The van der Waals surface area contributed by atoms with Crippen molar-refractivity contribution in [3.8, 4) is 5.75 Å². The fraction of sp³-hybridized carbons (Fsp3) is 0.0435. The first-order valence-electron chi connectivity index (χ1n) is 9.50. The van der Waals surface area contributed by atoms with Gasteiger partial charge in [-0.15, -0.1) is 0 Å². The Morgan fingerprint density at radius 1 is 1.03 bits per heavy atom. The summed E-state index contributed by atoms with van der Waals surface area (Å²) in [6.07, 6.45) is 1.29. The molecule has 1 heterocycles. The van der Waals surface area contributed by atoms with E-state index < -0.39 is 22.6 Å². The van der Waals surface area contributed by atoms with Crippen molar-refractivity contribution in [3.63, 3.8) is 0 Å². The number of anilines is 1. The summed E-state index contributed by atoms with van der Waals surface area (Å²) < 4.78 is 18.5. The van der Waals surface area contributed by atoms with Crippen molar-refractivity contribution in [1.82, 2.24) is 5.43 Å². The van der Waals surface area contributed by atoms with Crippen LogP contribution in [-0.2, 0) is 16.2 Å². The SMILES string of the molecule is O=C1NN(c2ccccc2)C(=O)/C1=C\c1ccc(OCc2ccc(F)cc2)c([N+](=O)[O-])c1. The Hall–Kier alpha value is -4.53. The number of hydrogen-bond acceptors (Lipinski definition) is 5. The number of amides is 2. The van der Waals surface area contributed by atoms with Gasteiger partial charge in [0.2, 0.25) is 0 Å². The van der Waals surface area contributed by atoms with Crippen LogP contribution in [0.25, 0.3) is 6.08 Å². The molecule has 0 atom stereocenters. The first-order chi connectivity index (χ1) is 15.4. The number of nitrogens with one attached hydrogen (secondary N) is 1. The number of hydrazine groups is 1. The molecule has 3 aromatic carbocycles. The van der Waals surface area contributed by atoms with Gasteiger partial charge in [-0.1, -0.05) is 36.4 Å². The number of carbonyl (C=O) groups is 2. The Balaban J connectivity index is 1.57. The molecule has 0 aliphatic carbocycles. The van der Waals surface area contributed by atoms with Crippen molar-refractivity contribution in [2.75, 3.05) is 5.01 Å². The minimum Gasteiger partial charge on any atom is -0.482 e. The van der Waals surface area contributed by atoms with E-state index in [2.05, 4.69) is 5.43 Å². The second-order valence-corrected chi connectivity index (χ2v) is 6.87. The Labute approximate surface area is 181 Å². The Bertz CT molecular complexity index is 1230. The number of rotatable bonds is 6. The molecule has 9 heteroatoms. The maximum atomic E-state index is 13.0. The van der Waals surface area contributed by atoms with E-state index in [1.54, 1.807) is 30.3 Å². The quantitative estimate of drug-likeness (QED) is 0.276. The molecule has 0 saturated carbocycles. The molecule has 32 heavy (non-hydrogen) atoms. The number of halogens is 1. The number of hydrogen-bond donors (Lipinski definition) is 1. The predicted octanol–water partition coefficient (Wildman–Crippen LogP) is 3.77. The van der Waals surface area contributed by atoms with Gasteiger partial charge in [0.05, 0.1) is 10.6 Å². The van der Waals surface area contributed by atoms with Crippen LogP contribution in [0.15, 0.2) is 78.4 Å². The van der Waals surface area contributed by atoms with Gasteiger partial charge in [-0.25, -0.2) is 9.40 Å². The molecule has 0 unspecified atom stereocenters. The molecule has 160 valence electrons. The summed E-state index contributed by atoms with van der Waals surface area (Å²) in [7, 11) is 0. The van der Waals surface area contributed by atoms with E-state index in [0.717, 1.165) is 5.01 Å². The van der Waals surface area contributed by atoms with Crippen molar-refractivity contribution >= 4 is 29.3 Å². The Morgan fingerprint density at radius 2 is 1.75 bits per heavy atom. The molecule has 4 rings (SSSR count). The molecule has 2 amide bonds. The van der Waals surface area contributed by atoms with Gasteiger partial charge in [-0.05, 0) is 47.5 Å². The van der Waals surface area contributed by atoms with Gasteiger partial charge in [0.15, 0.2) is 5.75 Å². The second-order valence-electron chi connectivity index (χ2n) is 6.87. The van der Waals surface area contributed by atoms with Crippen LogP contribution in [0.3, 0.4) is 0 Å². The average Bonchev–Trinajstić information content (AvgIpc) is 3.08. The number of ether oxygens (including phenoxy) is 1. The van der Waals surface area contributed by atoms with Crippen LogP contribution in [0.2, 0.25) is 0 Å². The molecular formula is C23H16FN3O5. The molecule has 0 radical (unpaired) electrons. The number of para-hydroxylation sites is 1. The van der Waals surface area contributed by atoms with E-state index in [4.69, 9.17) is 4.74 Å². The lowest BCUT2D eigenvalue weighted by atomic mass is 10.1. The van der Waals surface area contributed by atoms with Crippen LogP contribution >= 0.6 is 0 Å². The van der Waals surface area contributed by atoms with Crippen LogP contribution in [0.1, 0.15) is 11.1 Å². The fourth-order valence-corrected chi connectivity index (χ4v) is 3.11. The van der Waals surface area contributed by atoms with E-state index in [0.29, 0.717) is 16.8 Å². The normalized spacial score (nSPS) is 14.5. The van der Waals surface area contributed by atoms with Gasteiger partial charge in [0.1, 0.15) is 18.0 Å². The molecule has 1 saturated heterocycles. The number of carbonyl (C=O) groups excluding carboxylic acids is 2. The first-order valence-corrected chi connectivity index (χ1v) is 9.50. The van der Waals surface area contributed by atoms with Crippen molar-refractivity contribution in [1.29, 1.82) is 0 Å². The van der Waals surface area contributed by atoms with Crippen molar-refractivity contribution < 1.29 is 23.6 Å². The number of nitrogens with zero attached hydrogens (tertiary/aromatic N) is 2. The lowest BCUT2D eigenvalue weighted by Gasteiger charge is -2.13. The zero-order valence-corrected chi connectivity index (χ0v) is 16.5. The van der Waals surface area contributed by atoms with Crippen LogP contribution in [0, 0.1) is 15.9 Å². The summed E-state index contributed by atoms with van der Waals surface area (Å²) >= 11 is 0. The summed E-state index contributed by atoms with van der Waals surface area (Å²) in [6.45, 7) is 0.00842. The van der Waals surface area contributed by atoms with Crippen LogP contribution in [-0.4, -0.2) is 16.7 Å². The largest absolute Gasteiger partial charge is 0.482 e. The third kappa shape index (κ3) is 4.31. The third-order valence-electron chi connectivity index (χ3n) is 4.70. The van der Waals surface area contributed by atoms with Gasteiger partial charge in [0.25, 0.3) is 11.8 Å². The summed E-state index contributed by atoms with van der Waals surface area (Å²) in [5, 5.41) is 12.6. The standard InChI is InChI=1S/C23H16FN3O5/c24-17-9-6-15(7-10-17)14-32-21-11-8-16(13-20(21)27(30)31)12-19-22(28)25-26(23(19)29)18-4-2-1-3-5-18/h1-13H,14H2,(H,25,28)/b19-12-. The molecule has 0 bridgehead atoms. The van der Waals surface area contributed by atoms with E-state index in [-0.39, 0.29) is 23.6 Å².